The minimum atomic E-state index is -0.169. The molecule has 28 heavy (non-hydrogen) atoms. The summed E-state index contributed by atoms with van der Waals surface area (Å²) >= 11 is 5.99. The Labute approximate surface area is 168 Å². The van der Waals surface area contributed by atoms with E-state index in [1.165, 1.54) is 11.1 Å². The number of carbonyl (C=O) groups excluding carboxylic acids is 1. The molecule has 0 aliphatic carbocycles. The molecule has 0 aliphatic heterocycles. The van der Waals surface area contributed by atoms with Gasteiger partial charge in [-0.05, 0) is 48.4 Å². The van der Waals surface area contributed by atoms with Crippen LogP contribution in [0.4, 0.5) is 0 Å². The third-order valence-electron chi connectivity index (χ3n) is 4.82. The second-order valence-corrected chi connectivity index (χ2v) is 7.16. The van der Waals surface area contributed by atoms with Gasteiger partial charge in [0, 0.05) is 17.1 Å². The van der Waals surface area contributed by atoms with E-state index in [0.717, 1.165) is 16.9 Å². The van der Waals surface area contributed by atoms with Crippen LogP contribution in [0.3, 0.4) is 0 Å². The zero-order valence-corrected chi connectivity index (χ0v) is 16.3. The summed E-state index contributed by atoms with van der Waals surface area (Å²) in [6.07, 6.45) is 0. The van der Waals surface area contributed by atoms with Gasteiger partial charge in [0.25, 0.3) is 5.91 Å². The first-order chi connectivity index (χ1) is 13.6. The van der Waals surface area contributed by atoms with Crippen molar-refractivity contribution in [2.75, 3.05) is 0 Å². The number of halogens is 1. The molecule has 3 aromatic carbocycles. The van der Waals surface area contributed by atoms with E-state index in [1.54, 1.807) is 24.3 Å². The van der Waals surface area contributed by atoms with Crippen LogP contribution in [0, 0.1) is 6.92 Å². The quantitative estimate of drug-likeness (QED) is 0.523. The average Bonchev–Trinajstić information content (AvgIpc) is 3.05. The lowest BCUT2D eigenvalue weighted by atomic mass is 10.1. The van der Waals surface area contributed by atoms with E-state index in [2.05, 4.69) is 35.0 Å². The number of carbonyl (C=O) groups is 1. The maximum absolute atomic E-state index is 12.5. The van der Waals surface area contributed by atoms with Crippen molar-refractivity contribution in [1.82, 2.24) is 14.9 Å². The topological polar surface area (TPSA) is 46.9 Å². The van der Waals surface area contributed by atoms with Crippen molar-refractivity contribution in [3.05, 3.63) is 100 Å². The molecule has 0 aliphatic rings. The van der Waals surface area contributed by atoms with Crippen LogP contribution in [-0.4, -0.2) is 15.5 Å². The molecule has 4 nitrogen and oxygen atoms in total. The Hall–Kier alpha value is -3.11. The first-order valence-corrected chi connectivity index (χ1v) is 9.52. The van der Waals surface area contributed by atoms with E-state index in [-0.39, 0.29) is 5.91 Å². The van der Waals surface area contributed by atoms with Crippen LogP contribution in [0.15, 0.2) is 72.8 Å². The van der Waals surface area contributed by atoms with Gasteiger partial charge < -0.3 is 9.88 Å². The van der Waals surface area contributed by atoms with Crippen LogP contribution in [0.5, 0.6) is 0 Å². The summed E-state index contributed by atoms with van der Waals surface area (Å²) in [5, 5.41) is 3.50. The van der Waals surface area contributed by atoms with Crippen molar-refractivity contribution >= 4 is 28.5 Å². The third-order valence-corrected chi connectivity index (χ3v) is 5.05. The molecule has 4 aromatic rings. The minimum Gasteiger partial charge on any atom is -0.345 e. The molecule has 5 heteroatoms. The molecular weight excluding hydrogens is 370 g/mol. The van der Waals surface area contributed by atoms with Gasteiger partial charge in [-0.15, -0.1) is 0 Å². The first-order valence-electron chi connectivity index (χ1n) is 9.14. The lowest BCUT2D eigenvalue weighted by molar-refractivity contribution is 0.0949. The first kappa shape index (κ1) is 18.3. The summed E-state index contributed by atoms with van der Waals surface area (Å²) < 4.78 is 2.16. The highest BCUT2D eigenvalue weighted by atomic mass is 35.5. The van der Waals surface area contributed by atoms with Crippen LogP contribution in [0.2, 0.25) is 5.02 Å². The number of hydrogen-bond acceptors (Lipinski definition) is 2. The number of aromatic nitrogens is 2. The van der Waals surface area contributed by atoms with Crippen molar-refractivity contribution in [1.29, 1.82) is 0 Å². The molecule has 0 bridgehead atoms. The molecule has 1 heterocycles. The highest BCUT2D eigenvalue weighted by Gasteiger charge is 2.13. The molecule has 0 atom stereocenters. The van der Waals surface area contributed by atoms with Crippen molar-refractivity contribution < 1.29 is 4.79 Å². The minimum absolute atomic E-state index is 0.169. The van der Waals surface area contributed by atoms with Gasteiger partial charge in [-0.2, -0.15) is 0 Å². The van der Waals surface area contributed by atoms with Crippen LogP contribution < -0.4 is 5.32 Å². The fraction of sp³-hybridized carbons (Fsp3) is 0.130. The van der Waals surface area contributed by atoms with Gasteiger partial charge in [0.05, 0.1) is 17.6 Å². The number of rotatable bonds is 5. The monoisotopic (exact) mass is 389 g/mol. The van der Waals surface area contributed by atoms with Crippen molar-refractivity contribution in [2.45, 2.75) is 20.0 Å². The van der Waals surface area contributed by atoms with Gasteiger partial charge in [-0.3, -0.25) is 4.79 Å². The van der Waals surface area contributed by atoms with Gasteiger partial charge in [-0.1, -0.05) is 54.1 Å². The smallest absolute Gasteiger partial charge is 0.251 e. The SMILES string of the molecule is Cc1ccccc1Cn1c(CNC(=O)c2cccc(Cl)c2)nc2ccccc21. The third kappa shape index (κ3) is 3.78. The molecule has 4 rings (SSSR count). The van der Waals surface area contributed by atoms with Gasteiger partial charge in [-0.25, -0.2) is 4.98 Å². The maximum atomic E-state index is 12.5. The summed E-state index contributed by atoms with van der Waals surface area (Å²) in [6, 6.07) is 23.3. The van der Waals surface area contributed by atoms with E-state index in [4.69, 9.17) is 16.6 Å². The number of benzene rings is 3. The number of imidazole rings is 1. The Morgan fingerprint density at radius 2 is 1.82 bits per heavy atom. The lowest BCUT2D eigenvalue weighted by Gasteiger charge is -2.12. The fourth-order valence-electron chi connectivity index (χ4n) is 3.29. The highest BCUT2D eigenvalue weighted by molar-refractivity contribution is 6.30. The fourth-order valence-corrected chi connectivity index (χ4v) is 3.48. The van der Waals surface area contributed by atoms with Crippen molar-refractivity contribution in [3.8, 4) is 0 Å². The molecule has 0 saturated carbocycles. The van der Waals surface area contributed by atoms with Gasteiger partial charge >= 0.3 is 0 Å². The zero-order chi connectivity index (χ0) is 19.5. The molecule has 140 valence electrons. The number of nitrogens with one attached hydrogen (secondary N) is 1. The van der Waals surface area contributed by atoms with Crippen LogP contribution >= 0.6 is 11.6 Å². The molecule has 1 aromatic heterocycles. The molecule has 0 radical (unpaired) electrons. The predicted octanol–water partition coefficient (Wildman–Crippen LogP) is 4.98. The van der Waals surface area contributed by atoms with Crippen LogP contribution in [-0.2, 0) is 13.1 Å². The van der Waals surface area contributed by atoms with Gasteiger partial charge in [0.1, 0.15) is 5.82 Å². The number of para-hydroxylation sites is 2. The molecule has 1 amide bonds. The molecular formula is C23H20ClN3O. The largest absolute Gasteiger partial charge is 0.345 e. The van der Waals surface area contributed by atoms with Gasteiger partial charge in [0.15, 0.2) is 0 Å². The number of hydrogen-bond donors (Lipinski definition) is 1. The Kier molecular flexibility index (Phi) is 5.13. The normalized spacial score (nSPS) is 10.9. The Morgan fingerprint density at radius 1 is 1.04 bits per heavy atom. The number of amides is 1. The Balaban J connectivity index is 1.63. The summed E-state index contributed by atoms with van der Waals surface area (Å²) in [5.74, 6) is 0.650. The highest BCUT2D eigenvalue weighted by Crippen LogP contribution is 2.19. The Bertz CT molecular complexity index is 1150. The lowest BCUT2D eigenvalue weighted by Crippen LogP contribution is -2.25. The second kappa shape index (κ2) is 7.87. The van der Waals surface area contributed by atoms with Crippen molar-refractivity contribution in [3.63, 3.8) is 0 Å². The van der Waals surface area contributed by atoms with Crippen LogP contribution in [0.1, 0.15) is 27.3 Å². The zero-order valence-electron chi connectivity index (χ0n) is 15.5. The average molecular weight is 390 g/mol. The maximum Gasteiger partial charge on any atom is 0.251 e. The number of nitrogens with zero attached hydrogens (tertiary/aromatic N) is 2. The number of fused-ring (bicyclic) bond motifs is 1. The number of aryl methyl sites for hydroxylation is 1. The predicted molar refractivity (Wildman–Crippen MR) is 113 cm³/mol. The Morgan fingerprint density at radius 3 is 2.64 bits per heavy atom. The molecule has 0 spiro atoms. The molecule has 0 saturated heterocycles. The molecule has 0 fully saturated rings. The summed E-state index contributed by atoms with van der Waals surface area (Å²) in [4.78, 5) is 17.2. The molecule has 1 N–H and O–H groups in total. The summed E-state index contributed by atoms with van der Waals surface area (Å²) in [7, 11) is 0. The van der Waals surface area contributed by atoms with Crippen LogP contribution in [0.25, 0.3) is 11.0 Å². The van der Waals surface area contributed by atoms with E-state index in [9.17, 15) is 4.79 Å². The second-order valence-electron chi connectivity index (χ2n) is 6.72. The summed E-state index contributed by atoms with van der Waals surface area (Å²) in [6.45, 7) is 3.15. The molecule has 0 unspecified atom stereocenters. The standard InChI is InChI=1S/C23H20ClN3O/c1-16-7-2-3-8-18(16)15-27-21-12-5-4-11-20(21)26-22(27)14-25-23(28)17-9-6-10-19(24)13-17/h2-13H,14-15H2,1H3,(H,25,28). The summed E-state index contributed by atoms with van der Waals surface area (Å²) in [5.41, 5.74) is 4.97. The van der Waals surface area contributed by atoms with E-state index in [0.29, 0.717) is 23.7 Å². The van der Waals surface area contributed by atoms with Crippen molar-refractivity contribution in [2.24, 2.45) is 0 Å². The van der Waals surface area contributed by atoms with E-state index in [1.807, 2.05) is 30.3 Å². The van der Waals surface area contributed by atoms with Gasteiger partial charge in [0.2, 0.25) is 0 Å². The van der Waals surface area contributed by atoms with E-state index < -0.39 is 0 Å². The van der Waals surface area contributed by atoms with E-state index >= 15 is 0 Å².